The third kappa shape index (κ3) is 5.76. The van der Waals surface area contributed by atoms with E-state index in [1.165, 1.54) is 0 Å². The number of methoxy groups -OCH3 is 1. The van der Waals surface area contributed by atoms with Gasteiger partial charge in [-0.1, -0.05) is 48.0 Å². The smallest absolute Gasteiger partial charge is 0.338 e. The number of nitrogens with one attached hydrogen (secondary N) is 1. The second kappa shape index (κ2) is 10.0. The highest BCUT2D eigenvalue weighted by Crippen LogP contribution is 2.26. The molecule has 0 fully saturated rings. The van der Waals surface area contributed by atoms with E-state index in [4.69, 9.17) is 9.47 Å². The number of esters is 1. The van der Waals surface area contributed by atoms with Gasteiger partial charge in [-0.05, 0) is 41.6 Å². The number of rotatable bonds is 8. The highest BCUT2D eigenvalue weighted by atomic mass is 32.1. The molecule has 5 nitrogen and oxygen atoms in total. The Morgan fingerprint density at radius 3 is 2.55 bits per heavy atom. The molecule has 0 spiro atoms. The van der Waals surface area contributed by atoms with Crippen LogP contribution in [0.3, 0.4) is 0 Å². The summed E-state index contributed by atoms with van der Waals surface area (Å²) < 4.78 is 10.3. The van der Waals surface area contributed by atoms with Crippen LogP contribution in [-0.4, -0.2) is 25.6 Å². The van der Waals surface area contributed by atoms with Crippen molar-refractivity contribution < 1.29 is 19.1 Å². The van der Waals surface area contributed by atoms with E-state index in [1.54, 1.807) is 36.6 Å². The SMILES string of the molecule is COCc1cccc(C(=O)OCC(=O)NC(c2ccc(C)cc2)c2cccs2)c1. The summed E-state index contributed by atoms with van der Waals surface area (Å²) in [6, 6.07) is 18.6. The fraction of sp³-hybridized carbons (Fsp3) is 0.217. The molecule has 1 atom stereocenters. The minimum absolute atomic E-state index is 0.285. The number of hydrogen-bond acceptors (Lipinski definition) is 5. The van der Waals surface area contributed by atoms with Crippen molar-refractivity contribution in [1.29, 1.82) is 0 Å². The zero-order valence-electron chi connectivity index (χ0n) is 16.4. The summed E-state index contributed by atoms with van der Waals surface area (Å²) in [5.41, 5.74) is 3.38. The molecular weight excluding hydrogens is 386 g/mol. The molecule has 0 radical (unpaired) electrons. The van der Waals surface area contributed by atoms with Gasteiger partial charge in [-0.15, -0.1) is 11.3 Å². The van der Waals surface area contributed by atoms with Crippen molar-refractivity contribution in [3.8, 4) is 0 Å². The first-order valence-corrected chi connectivity index (χ1v) is 10.1. The van der Waals surface area contributed by atoms with Gasteiger partial charge in [0.1, 0.15) is 0 Å². The number of carbonyl (C=O) groups is 2. The first kappa shape index (κ1) is 20.8. The van der Waals surface area contributed by atoms with Crippen molar-refractivity contribution in [2.24, 2.45) is 0 Å². The Bertz CT molecular complexity index is 951. The van der Waals surface area contributed by atoms with E-state index in [-0.39, 0.29) is 18.6 Å². The van der Waals surface area contributed by atoms with E-state index in [0.717, 1.165) is 21.6 Å². The molecular formula is C23H23NO4S. The Hall–Kier alpha value is -2.96. The normalized spacial score (nSPS) is 11.7. The molecule has 0 aliphatic rings. The van der Waals surface area contributed by atoms with Gasteiger partial charge in [0, 0.05) is 12.0 Å². The average molecular weight is 410 g/mol. The number of hydrogen-bond donors (Lipinski definition) is 1. The van der Waals surface area contributed by atoms with E-state index >= 15 is 0 Å². The van der Waals surface area contributed by atoms with Crippen molar-refractivity contribution in [3.05, 3.63) is 93.2 Å². The predicted octanol–water partition coefficient (Wildman–Crippen LogP) is 4.27. The maximum atomic E-state index is 12.5. The van der Waals surface area contributed by atoms with E-state index in [0.29, 0.717) is 12.2 Å². The molecule has 6 heteroatoms. The maximum absolute atomic E-state index is 12.5. The lowest BCUT2D eigenvalue weighted by molar-refractivity contribution is -0.124. The number of thiophene rings is 1. The summed E-state index contributed by atoms with van der Waals surface area (Å²) in [7, 11) is 1.59. The minimum Gasteiger partial charge on any atom is -0.452 e. The first-order chi connectivity index (χ1) is 14.1. The molecule has 1 aromatic heterocycles. The molecule has 1 unspecified atom stereocenters. The number of benzene rings is 2. The molecule has 0 saturated heterocycles. The fourth-order valence-corrected chi connectivity index (χ4v) is 3.71. The lowest BCUT2D eigenvalue weighted by Gasteiger charge is -2.18. The van der Waals surface area contributed by atoms with Crippen LogP contribution in [-0.2, 0) is 20.9 Å². The highest BCUT2D eigenvalue weighted by Gasteiger charge is 2.19. The Morgan fingerprint density at radius 1 is 1.07 bits per heavy atom. The third-order valence-electron chi connectivity index (χ3n) is 4.35. The molecule has 3 aromatic rings. The maximum Gasteiger partial charge on any atom is 0.338 e. The second-order valence-electron chi connectivity index (χ2n) is 6.64. The lowest BCUT2D eigenvalue weighted by Crippen LogP contribution is -2.32. The van der Waals surface area contributed by atoms with Crippen LogP contribution in [0.1, 0.15) is 38.0 Å². The van der Waals surface area contributed by atoms with Crippen LogP contribution < -0.4 is 5.32 Å². The van der Waals surface area contributed by atoms with E-state index in [1.807, 2.05) is 54.8 Å². The van der Waals surface area contributed by atoms with Crippen molar-refractivity contribution in [2.45, 2.75) is 19.6 Å². The summed E-state index contributed by atoms with van der Waals surface area (Å²) in [5.74, 6) is -0.897. The van der Waals surface area contributed by atoms with Crippen LogP contribution in [0.5, 0.6) is 0 Å². The van der Waals surface area contributed by atoms with Crippen LogP contribution in [0.2, 0.25) is 0 Å². The molecule has 1 N–H and O–H groups in total. The summed E-state index contributed by atoms with van der Waals surface area (Å²) in [4.78, 5) is 25.8. The summed E-state index contributed by atoms with van der Waals surface area (Å²) in [6.45, 7) is 2.07. The standard InChI is InChI=1S/C23H23NO4S/c1-16-8-10-18(11-9-16)22(20-7-4-12-29-20)24-21(25)15-28-23(26)19-6-3-5-17(13-19)14-27-2/h3-13,22H,14-15H2,1-2H3,(H,24,25). The van der Waals surface area contributed by atoms with Gasteiger partial charge in [-0.2, -0.15) is 0 Å². The van der Waals surface area contributed by atoms with Crippen LogP contribution in [0.25, 0.3) is 0 Å². The Kier molecular flexibility index (Phi) is 7.16. The summed E-state index contributed by atoms with van der Waals surface area (Å²) >= 11 is 1.57. The molecule has 1 amide bonds. The molecule has 150 valence electrons. The van der Waals surface area contributed by atoms with Gasteiger partial charge < -0.3 is 14.8 Å². The van der Waals surface area contributed by atoms with Crippen molar-refractivity contribution >= 4 is 23.2 Å². The number of ether oxygens (including phenoxy) is 2. The Balaban J connectivity index is 1.64. The summed E-state index contributed by atoms with van der Waals surface area (Å²) in [6.07, 6.45) is 0. The molecule has 0 aliphatic carbocycles. The fourth-order valence-electron chi connectivity index (χ4n) is 2.90. The van der Waals surface area contributed by atoms with Gasteiger partial charge in [0.15, 0.2) is 6.61 Å². The predicted molar refractivity (Wildman–Crippen MR) is 113 cm³/mol. The highest BCUT2D eigenvalue weighted by molar-refractivity contribution is 7.10. The largest absolute Gasteiger partial charge is 0.452 e. The number of amides is 1. The Labute approximate surface area is 174 Å². The summed E-state index contributed by atoms with van der Waals surface area (Å²) in [5, 5.41) is 4.94. The average Bonchev–Trinajstić information content (AvgIpc) is 3.26. The zero-order valence-corrected chi connectivity index (χ0v) is 17.2. The van der Waals surface area contributed by atoms with Crippen LogP contribution >= 0.6 is 11.3 Å². The quantitative estimate of drug-likeness (QED) is 0.565. The molecule has 2 aromatic carbocycles. The van der Waals surface area contributed by atoms with Crippen molar-refractivity contribution in [1.82, 2.24) is 5.32 Å². The van der Waals surface area contributed by atoms with Crippen molar-refractivity contribution in [3.63, 3.8) is 0 Å². The number of carbonyl (C=O) groups excluding carboxylic acids is 2. The first-order valence-electron chi connectivity index (χ1n) is 9.21. The molecule has 1 heterocycles. The van der Waals surface area contributed by atoms with Gasteiger partial charge in [-0.25, -0.2) is 4.79 Å². The van der Waals surface area contributed by atoms with Gasteiger partial charge in [-0.3, -0.25) is 4.79 Å². The third-order valence-corrected chi connectivity index (χ3v) is 5.29. The van der Waals surface area contributed by atoms with Crippen LogP contribution in [0, 0.1) is 6.92 Å². The van der Waals surface area contributed by atoms with E-state index < -0.39 is 5.97 Å². The number of aryl methyl sites for hydroxylation is 1. The lowest BCUT2D eigenvalue weighted by atomic mass is 10.0. The molecule has 0 aliphatic heterocycles. The van der Waals surface area contributed by atoms with Gasteiger partial charge in [0.05, 0.1) is 18.2 Å². The molecule has 0 saturated carbocycles. The topological polar surface area (TPSA) is 64.6 Å². The van der Waals surface area contributed by atoms with E-state index in [2.05, 4.69) is 5.32 Å². The minimum atomic E-state index is -0.541. The molecule has 29 heavy (non-hydrogen) atoms. The van der Waals surface area contributed by atoms with Gasteiger partial charge in [0.25, 0.3) is 5.91 Å². The van der Waals surface area contributed by atoms with E-state index in [9.17, 15) is 9.59 Å². The second-order valence-corrected chi connectivity index (χ2v) is 7.62. The molecule has 0 bridgehead atoms. The van der Waals surface area contributed by atoms with Crippen LogP contribution in [0.15, 0.2) is 66.0 Å². The zero-order chi connectivity index (χ0) is 20.6. The van der Waals surface area contributed by atoms with Gasteiger partial charge >= 0.3 is 5.97 Å². The monoisotopic (exact) mass is 409 g/mol. The van der Waals surface area contributed by atoms with Crippen LogP contribution in [0.4, 0.5) is 0 Å². The Morgan fingerprint density at radius 2 is 1.86 bits per heavy atom. The van der Waals surface area contributed by atoms with Crippen molar-refractivity contribution in [2.75, 3.05) is 13.7 Å². The van der Waals surface area contributed by atoms with Gasteiger partial charge in [0.2, 0.25) is 0 Å². The molecule has 3 rings (SSSR count).